The molecule has 2 aromatic heterocycles. The van der Waals surface area contributed by atoms with E-state index < -0.39 is 0 Å². The minimum atomic E-state index is -0.0848. The Hall–Kier alpha value is -3.91. The van der Waals surface area contributed by atoms with Crippen molar-refractivity contribution >= 4 is 22.7 Å². The highest BCUT2D eigenvalue weighted by Gasteiger charge is 2.32. The lowest BCUT2D eigenvalue weighted by molar-refractivity contribution is 0.0296. The second kappa shape index (κ2) is 9.03. The van der Waals surface area contributed by atoms with E-state index in [0.29, 0.717) is 63.6 Å². The van der Waals surface area contributed by atoms with Gasteiger partial charge < -0.3 is 19.5 Å². The minimum absolute atomic E-state index is 0.0345. The summed E-state index contributed by atoms with van der Waals surface area (Å²) in [4.78, 5) is 33.7. The van der Waals surface area contributed by atoms with E-state index >= 15 is 0 Å². The molecule has 0 bridgehead atoms. The van der Waals surface area contributed by atoms with E-state index in [4.69, 9.17) is 9.84 Å². The van der Waals surface area contributed by atoms with Gasteiger partial charge in [-0.1, -0.05) is 36.4 Å². The van der Waals surface area contributed by atoms with Gasteiger partial charge in [0, 0.05) is 54.6 Å². The number of hydrogen-bond donors (Lipinski definition) is 1. The van der Waals surface area contributed by atoms with Gasteiger partial charge in [0.15, 0.2) is 5.69 Å². The Morgan fingerprint density at radius 1 is 0.943 bits per heavy atom. The van der Waals surface area contributed by atoms with Crippen LogP contribution in [0.1, 0.15) is 37.7 Å². The number of nitrogens with one attached hydrogen (secondary N) is 1. The molecule has 4 heterocycles. The fourth-order valence-corrected chi connectivity index (χ4v) is 5.00. The molecule has 8 heteroatoms. The Bertz CT molecular complexity index is 1380. The Labute approximate surface area is 203 Å². The lowest BCUT2D eigenvalue weighted by Crippen LogP contribution is -2.42. The fraction of sp³-hybridized carbons (Fsp3) is 0.296. The normalized spacial score (nSPS) is 15.9. The monoisotopic (exact) mass is 469 g/mol. The van der Waals surface area contributed by atoms with Crippen LogP contribution in [0, 0.1) is 0 Å². The molecule has 1 fully saturated rings. The first-order valence-corrected chi connectivity index (χ1v) is 12.0. The lowest BCUT2D eigenvalue weighted by atomic mass is 10.0. The molecule has 0 unspecified atom stereocenters. The zero-order valence-electron chi connectivity index (χ0n) is 19.4. The maximum atomic E-state index is 13.5. The van der Waals surface area contributed by atoms with E-state index in [1.54, 1.807) is 4.90 Å². The molecule has 0 spiro atoms. The second-order valence-corrected chi connectivity index (χ2v) is 9.08. The number of carbonyl (C=O) groups excluding carboxylic acids is 2. The van der Waals surface area contributed by atoms with E-state index in [9.17, 15) is 9.59 Å². The number of nitrogens with zero attached hydrogens (tertiary/aromatic N) is 4. The van der Waals surface area contributed by atoms with Gasteiger partial charge in [0.25, 0.3) is 11.8 Å². The molecule has 8 nitrogen and oxygen atoms in total. The van der Waals surface area contributed by atoms with Gasteiger partial charge in [-0.05, 0) is 29.1 Å². The van der Waals surface area contributed by atoms with Crippen molar-refractivity contribution in [3.05, 3.63) is 88.9 Å². The standard InChI is InChI=1S/C27H27N5O3/c33-26(21-7-6-20-8-10-28-23(20)16-21)31-11-9-24-22(18-31)25(27(34)30-12-14-35-15-13-30)29-32(24)17-19-4-2-1-3-5-19/h1-8,10,16,28H,9,11-15,17-18H2. The molecule has 2 aliphatic rings. The van der Waals surface area contributed by atoms with Gasteiger partial charge in [-0.25, -0.2) is 0 Å². The number of carbonyl (C=O) groups is 2. The first-order valence-electron chi connectivity index (χ1n) is 12.0. The van der Waals surface area contributed by atoms with Crippen molar-refractivity contribution in [1.82, 2.24) is 24.6 Å². The van der Waals surface area contributed by atoms with Gasteiger partial charge in [0.1, 0.15) is 0 Å². The maximum Gasteiger partial charge on any atom is 0.274 e. The number of hydrogen-bond acceptors (Lipinski definition) is 4. The molecule has 2 amide bonds. The van der Waals surface area contributed by atoms with E-state index in [2.05, 4.69) is 17.1 Å². The van der Waals surface area contributed by atoms with Gasteiger partial charge in [-0.15, -0.1) is 0 Å². The van der Waals surface area contributed by atoms with Crippen LogP contribution in [-0.2, 0) is 24.2 Å². The predicted octanol–water partition coefficient (Wildman–Crippen LogP) is 3.08. The number of amides is 2. The average Bonchev–Trinajstić information content (AvgIpc) is 3.53. The van der Waals surface area contributed by atoms with Crippen LogP contribution in [0.25, 0.3) is 10.9 Å². The highest BCUT2D eigenvalue weighted by Crippen LogP contribution is 2.27. The van der Waals surface area contributed by atoms with Gasteiger partial charge >= 0.3 is 0 Å². The van der Waals surface area contributed by atoms with Crippen LogP contribution in [0.3, 0.4) is 0 Å². The first kappa shape index (κ1) is 21.6. The highest BCUT2D eigenvalue weighted by molar-refractivity contribution is 5.98. The Morgan fingerprint density at radius 3 is 2.60 bits per heavy atom. The third kappa shape index (κ3) is 4.10. The van der Waals surface area contributed by atoms with Crippen molar-refractivity contribution in [2.24, 2.45) is 0 Å². The fourth-order valence-electron chi connectivity index (χ4n) is 5.00. The number of rotatable bonds is 4. The summed E-state index contributed by atoms with van der Waals surface area (Å²) >= 11 is 0. The summed E-state index contributed by atoms with van der Waals surface area (Å²) in [5, 5.41) is 5.88. The predicted molar refractivity (Wildman–Crippen MR) is 131 cm³/mol. The first-order chi connectivity index (χ1) is 17.2. The summed E-state index contributed by atoms with van der Waals surface area (Å²) < 4.78 is 7.38. The third-order valence-corrected chi connectivity index (χ3v) is 6.90. The summed E-state index contributed by atoms with van der Waals surface area (Å²) in [6, 6.07) is 17.8. The van der Waals surface area contributed by atoms with Gasteiger partial charge in [-0.2, -0.15) is 5.10 Å². The van der Waals surface area contributed by atoms with E-state index in [1.165, 1.54) is 0 Å². The smallest absolute Gasteiger partial charge is 0.274 e. The molecule has 6 rings (SSSR count). The zero-order valence-corrected chi connectivity index (χ0v) is 19.4. The molecule has 35 heavy (non-hydrogen) atoms. The third-order valence-electron chi connectivity index (χ3n) is 6.90. The van der Waals surface area contributed by atoms with Crippen LogP contribution in [0.15, 0.2) is 60.8 Å². The molecule has 1 saturated heterocycles. The van der Waals surface area contributed by atoms with E-state index in [1.807, 2.05) is 58.2 Å². The number of aromatic nitrogens is 3. The van der Waals surface area contributed by atoms with Crippen molar-refractivity contribution < 1.29 is 14.3 Å². The van der Waals surface area contributed by atoms with Crippen molar-refractivity contribution in [1.29, 1.82) is 0 Å². The number of morpholine rings is 1. The Morgan fingerprint density at radius 2 is 1.77 bits per heavy atom. The van der Waals surface area contributed by atoms with Crippen LogP contribution < -0.4 is 0 Å². The summed E-state index contributed by atoms with van der Waals surface area (Å²) in [5.41, 5.74) is 5.05. The number of benzene rings is 2. The van der Waals surface area contributed by atoms with Crippen LogP contribution in [0.4, 0.5) is 0 Å². The molecule has 2 aromatic carbocycles. The second-order valence-electron chi connectivity index (χ2n) is 9.08. The highest BCUT2D eigenvalue weighted by atomic mass is 16.5. The largest absolute Gasteiger partial charge is 0.378 e. The molecule has 0 radical (unpaired) electrons. The van der Waals surface area contributed by atoms with Gasteiger partial charge in [0.2, 0.25) is 0 Å². The Balaban J connectivity index is 1.33. The van der Waals surface area contributed by atoms with Gasteiger partial charge in [-0.3, -0.25) is 14.3 Å². The van der Waals surface area contributed by atoms with Crippen molar-refractivity contribution in [3.8, 4) is 0 Å². The molecule has 0 aliphatic carbocycles. The van der Waals surface area contributed by atoms with Crippen LogP contribution in [-0.4, -0.2) is 69.2 Å². The van der Waals surface area contributed by atoms with E-state index in [0.717, 1.165) is 27.7 Å². The SMILES string of the molecule is O=C(c1ccc2cc[nH]c2c1)N1CCc2c(c(C(=O)N3CCOCC3)nn2Cc2ccccc2)C1. The molecular weight excluding hydrogens is 442 g/mol. The molecular formula is C27H27N5O3. The minimum Gasteiger partial charge on any atom is -0.378 e. The summed E-state index contributed by atoms with van der Waals surface area (Å²) in [6.07, 6.45) is 2.53. The van der Waals surface area contributed by atoms with Crippen molar-refractivity contribution in [2.45, 2.75) is 19.5 Å². The average molecular weight is 470 g/mol. The quantitative estimate of drug-likeness (QED) is 0.498. The molecule has 2 aliphatic heterocycles. The number of aromatic amines is 1. The zero-order chi connectivity index (χ0) is 23.8. The number of ether oxygens (including phenoxy) is 1. The molecule has 4 aromatic rings. The molecule has 0 saturated carbocycles. The number of H-pyrrole nitrogens is 1. The maximum absolute atomic E-state index is 13.5. The van der Waals surface area contributed by atoms with Crippen LogP contribution >= 0.6 is 0 Å². The van der Waals surface area contributed by atoms with Crippen LogP contribution in [0.5, 0.6) is 0 Å². The summed E-state index contributed by atoms with van der Waals surface area (Å²) in [6.45, 7) is 3.72. The molecule has 178 valence electrons. The summed E-state index contributed by atoms with van der Waals surface area (Å²) in [7, 11) is 0. The summed E-state index contributed by atoms with van der Waals surface area (Å²) in [5.74, 6) is -0.119. The topological polar surface area (TPSA) is 83.5 Å². The van der Waals surface area contributed by atoms with Crippen LogP contribution in [0.2, 0.25) is 0 Å². The molecule has 0 atom stereocenters. The van der Waals surface area contributed by atoms with Crippen molar-refractivity contribution in [2.75, 3.05) is 32.8 Å². The number of fused-ring (bicyclic) bond motifs is 2. The lowest BCUT2D eigenvalue weighted by Gasteiger charge is -2.29. The van der Waals surface area contributed by atoms with Crippen molar-refractivity contribution in [3.63, 3.8) is 0 Å². The van der Waals surface area contributed by atoms with E-state index in [-0.39, 0.29) is 11.8 Å². The van der Waals surface area contributed by atoms with Gasteiger partial charge in [0.05, 0.1) is 26.3 Å². The Kier molecular flexibility index (Phi) is 5.58. The molecule has 1 N–H and O–H groups in total.